The van der Waals surface area contributed by atoms with Gasteiger partial charge < -0.3 is 18.6 Å². The van der Waals surface area contributed by atoms with E-state index in [1.165, 1.54) is 21.3 Å². The molecule has 1 heterocycles. The molecule has 0 aliphatic carbocycles. The largest absolute Gasteiger partial charge is 0.495 e. The van der Waals surface area contributed by atoms with E-state index in [9.17, 15) is 14.4 Å². The molecule has 7 heteroatoms. The van der Waals surface area contributed by atoms with Gasteiger partial charge in [0.15, 0.2) is 0 Å². The van der Waals surface area contributed by atoms with Crippen LogP contribution in [0.3, 0.4) is 0 Å². The molecule has 0 saturated carbocycles. The molecular formula is C12H14O7. The molecule has 0 atom stereocenters. The van der Waals surface area contributed by atoms with Crippen LogP contribution >= 0.6 is 0 Å². The lowest BCUT2D eigenvalue weighted by Crippen LogP contribution is -2.14. The topological polar surface area (TPSA) is 92.0 Å². The van der Waals surface area contributed by atoms with Crippen LogP contribution in [0.5, 0.6) is 5.75 Å². The van der Waals surface area contributed by atoms with Gasteiger partial charge in [-0.15, -0.1) is 0 Å². The van der Waals surface area contributed by atoms with Crippen molar-refractivity contribution in [1.29, 1.82) is 0 Å². The van der Waals surface area contributed by atoms with Gasteiger partial charge in [0.1, 0.15) is 17.1 Å². The predicted molar refractivity (Wildman–Crippen MR) is 63.2 cm³/mol. The Bertz CT molecular complexity index is 529. The minimum absolute atomic E-state index is 0.00602. The Morgan fingerprint density at radius 2 is 1.89 bits per heavy atom. The average Bonchev–Trinajstić information content (AvgIpc) is 2.42. The molecule has 104 valence electrons. The molecule has 0 spiro atoms. The Morgan fingerprint density at radius 1 is 1.21 bits per heavy atom. The van der Waals surface area contributed by atoms with Crippen molar-refractivity contribution in [3.8, 4) is 5.75 Å². The van der Waals surface area contributed by atoms with E-state index >= 15 is 0 Å². The van der Waals surface area contributed by atoms with Gasteiger partial charge in [0, 0.05) is 6.42 Å². The van der Waals surface area contributed by atoms with E-state index in [1.807, 2.05) is 0 Å². The zero-order valence-electron chi connectivity index (χ0n) is 10.8. The Hall–Kier alpha value is -2.31. The minimum Gasteiger partial charge on any atom is -0.495 e. The van der Waals surface area contributed by atoms with Crippen LogP contribution in [0.1, 0.15) is 22.5 Å². The van der Waals surface area contributed by atoms with E-state index in [0.29, 0.717) is 0 Å². The van der Waals surface area contributed by atoms with Crippen LogP contribution in [0.25, 0.3) is 0 Å². The molecule has 0 unspecified atom stereocenters. The maximum absolute atomic E-state index is 11.7. The number of carbonyl (C=O) groups excluding carboxylic acids is 2. The fourth-order valence-corrected chi connectivity index (χ4v) is 1.49. The molecule has 0 radical (unpaired) electrons. The fourth-order valence-electron chi connectivity index (χ4n) is 1.49. The molecule has 0 aliphatic heterocycles. The second kappa shape index (κ2) is 6.58. The number of carbonyl (C=O) groups is 2. The van der Waals surface area contributed by atoms with Crippen LogP contribution in [0.15, 0.2) is 15.3 Å². The molecule has 0 N–H and O–H groups in total. The van der Waals surface area contributed by atoms with Crippen LogP contribution in [-0.4, -0.2) is 33.3 Å². The zero-order chi connectivity index (χ0) is 14.4. The number of hydrogen-bond acceptors (Lipinski definition) is 7. The number of ether oxygens (including phenoxy) is 3. The van der Waals surface area contributed by atoms with Crippen LogP contribution in [-0.2, 0) is 20.7 Å². The van der Waals surface area contributed by atoms with Crippen molar-refractivity contribution in [2.75, 3.05) is 21.3 Å². The van der Waals surface area contributed by atoms with E-state index in [2.05, 4.69) is 9.47 Å². The highest BCUT2D eigenvalue weighted by atomic mass is 16.5. The number of aryl methyl sites for hydroxylation is 1. The highest BCUT2D eigenvalue weighted by molar-refractivity contribution is 5.93. The first kappa shape index (κ1) is 14.7. The molecule has 0 saturated heterocycles. The first-order chi connectivity index (χ1) is 9.03. The van der Waals surface area contributed by atoms with Gasteiger partial charge in [-0.2, -0.15) is 0 Å². The molecule has 0 fully saturated rings. The highest BCUT2D eigenvalue weighted by Crippen LogP contribution is 2.22. The summed E-state index contributed by atoms with van der Waals surface area (Å²) in [4.78, 5) is 34.1. The highest BCUT2D eigenvalue weighted by Gasteiger charge is 2.22. The summed E-state index contributed by atoms with van der Waals surface area (Å²) in [6, 6.07) is 1.04. The summed E-state index contributed by atoms with van der Waals surface area (Å²) in [5, 5.41) is 0. The molecule has 0 aromatic carbocycles. The summed E-state index contributed by atoms with van der Waals surface area (Å²) >= 11 is 0. The van der Waals surface area contributed by atoms with E-state index in [4.69, 9.17) is 9.15 Å². The van der Waals surface area contributed by atoms with Gasteiger partial charge in [-0.25, -0.2) is 9.59 Å². The van der Waals surface area contributed by atoms with Crippen LogP contribution in [0.4, 0.5) is 0 Å². The van der Waals surface area contributed by atoms with E-state index in [1.54, 1.807) is 0 Å². The van der Waals surface area contributed by atoms with Crippen molar-refractivity contribution in [3.63, 3.8) is 0 Å². The lowest BCUT2D eigenvalue weighted by molar-refractivity contribution is -0.140. The second-order valence-corrected chi connectivity index (χ2v) is 3.50. The first-order valence-electron chi connectivity index (χ1n) is 5.39. The smallest absolute Gasteiger partial charge is 0.345 e. The summed E-state index contributed by atoms with van der Waals surface area (Å²) in [6.45, 7) is 0. The SMILES string of the molecule is COC(=O)CCc1oc(=O)cc(OC)c1C(=O)OC. The molecule has 0 amide bonds. The van der Waals surface area contributed by atoms with Crippen molar-refractivity contribution in [2.45, 2.75) is 12.8 Å². The standard InChI is InChI=1S/C12H14O7/c1-16-8-6-10(14)19-7(4-5-9(13)17-2)11(8)12(15)18-3/h6H,4-5H2,1-3H3. The van der Waals surface area contributed by atoms with Gasteiger partial charge in [0.2, 0.25) is 0 Å². The van der Waals surface area contributed by atoms with Crippen molar-refractivity contribution >= 4 is 11.9 Å². The average molecular weight is 270 g/mol. The van der Waals surface area contributed by atoms with Crippen molar-refractivity contribution in [1.82, 2.24) is 0 Å². The van der Waals surface area contributed by atoms with Crippen LogP contribution in [0, 0.1) is 0 Å². The third kappa shape index (κ3) is 3.57. The first-order valence-corrected chi connectivity index (χ1v) is 5.39. The van der Waals surface area contributed by atoms with E-state index in [0.717, 1.165) is 6.07 Å². The monoisotopic (exact) mass is 270 g/mol. The summed E-state index contributed by atoms with van der Waals surface area (Å²) in [5.41, 5.74) is -0.683. The van der Waals surface area contributed by atoms with Gasteiger partial charge in [-0.1, -0.05) is 0 Å². The number of hydrogen-bond donors (Lipinski definition) is 0. The van der Waals surface area contributed by atoms with Gasteiger partial charge in [-0.3, -0.25) is 4.79 Å². The van der Waals surface area contributed by atoms with Gasteiger partial charge in [0.25, 0.3) is 0 Å². The lowest BCUT2D eigenvalue weighted by Gasteiger charge is -2.09. The van der Waals surface area contributed by atoms with Crippen molar-refractivity contribution in [3.05, 3.63) is 27.8 Å². The summed E-state index contributed by atoms with van der Waals surface area (Å²) < 4.78 is 18.9. The molecular weight excluding hydrogens is 256 g/mol. The molecule has 19 heavy (non-hydrogen) atoms. The third-order valence-electron chi connectivity index (χ3n) is 2.39. The van der Waals surface area contributed by atoms with Gasteiger partial charge >= 0.3 is 17.6 Å². The van der Waals surface area contributed by atoms with Crippen LogP contribution < -0.4 is 10.4 Å². The van der Waals surface area contributed by atoms with Gasteiger partial charge in [-0.05, 0) is 0 Å². The van der Waals surface area contributed by atoms with Crippen LogP contribution in [0.2, 0.25) is 0 Å². The van der Waals surface area contributed by atoms with Crippen molar-refractivity contribution in [2.24, 2.45) is 0 Å². The quantitative estimate of drug-likeness (QED) is 0.721. The van der Waals surface area contributed by atoms with E-state index < -0.39 is 17.6 Å². The lowest BCUT2D eigenvalue weighted by atomic mass is 10.1. The summed E-state index contributed by atoms with van der Waals surface area (Å²) in [5.74, 6) is -1.12. The maximum atomic E-state index is 11.7. The van der Waals surface area contributed by atoms with Crippen molar-refractivity contribution < 1.29 is 28.2 Å². The second-order valence-electron chi connectivity index (χ2n) is 3.50. The Kier molecular flexibility index (Phi) is 5.11. The predicted octanol–water partition coefficient (Wildman–Crippen LogP) is 0.541. The normalized spacial score (nSPS) is 9.84. The summed E-state index contributed by atoms with van der Waals surface area (Å²) in [6.07, 6.45) is 0.000147. The molecule has 7 nitrogen and oxygen atoms in total. The van der Waals surface area contributed by atoms with E-state index in [-0.39, 0.29) is 29.9 Å². The molecule has 0 bridgehead atoms. The zero-order valence-corrected chi connectivity index (χ0v) is 10.8. The molecule has 1 aromatic heterocycles. The fraction of sp³-hybridized carbons (Fsp3) is 0.417. The Morgan fingerprint density at radius 3 is 2.42 bits per heavy atom. The third-order valence-corrected chi connectivity index (χ3v) is 2.39. The number of methoxy groups -OCH3 is 3. The molecule has 1 rings (SSSR count). The summed E-state index contributed by atoms with van der Waals surface area (Å²) in [7, 11) is 3.74. The number of esters is 2. The molecule has 1 aromatic rings. The Balaban J connectivity index is 3.19. The Labute approximate surface area is 109 Å². The maximum Gasteiger partial charge on any atom is 0.345 e. The molecule has 0 aliphatic rings. The van der Waals surface area contributed by atoms with Gasteiger partial charge in [0.05, 0.1) is 33.8 Å². The number of rotatable bonds is 5. The minimum atomic E-state index is -0.708.